The van der Waals surface area contributed by atoms with Crippen molar-refractivity contribution in [1.82, 2.24) is 4.98 Å². The molecule has 0 unspecified atom stereocenters. The molecule has 0 saturated heterocycles. The van der Waals surface area contributed by atoms with E-state index in [2.05, 4.69) is 10.4 Å². The van der Waals surface area contributed by atoms with E-state index in [4.69, 9.17) is 5.84 Å². The van der Waals surface area contributed by atoms with Crippen LogP contribution in [0.15, 0.2) is 11.6 Å². The lowest BCUT2D eigenvalue weighted by Gasteiger charge is -1.84. The van der Waals surface area contributed by atoms with E-state index in [-0.39, 0.29) is 24.8 Å². The van der Waals surface area contributed by atoms with Gasteiger partial charge in [-0.05, 0) is 0 Å². The quantitative estimate of drug-likeness (QED) is 0.515. The fourth-order valence-electron chi connectivity index (χ4n) is 0.295. The van der Waals surface area contributed by atoms with Crippen LogP contribution in [-0.4, -0.2) is 4.98 Å². The molecule has 0 fully saturated rings. The lowest BCUT2D eigenvalue weighted by atomic mass is 11.0. The van der Waals surface area contributed by atoms with Crippen molar-refractivity contribution in [2.75, 3.05) is 5.43 Å². The molecule has 0 bridgehead atoms. The zero-order valence-corrected chi connectivity index (χ0v) is 6.85. The molecule has 3 N–H and O–H groups in total. The Kier molecular flexibility index (Phi) is 7.94. The molecule has 54 valence electrons. The predicted octanol–water partition coefficient (Wildman–Crippen LogP) is 1.27. The Labute approximate surface area is 69.5 Å². The number of halogens is 2. The van der Waals surface area contributed by atoms with Crippen LogP contribution in [0.1, 0.15) is 0 Å². The normalized spacial score (nSPS) is 6.78. The number of aromatic nitrogens is 1. The van der Waals surface area contributed by atoms with Gasteiger partial charge in [0.2, 0.25) is 0 Å². The van der Waals surface area contributed by atoms with Crippen LogP contribution in [0.3, 0.4) is 0 Å². The smallest absolute Gasteiger partial charge is 0.196 e. The SMILES string of the molecule is Cl.Cl.NNc1nccs1. The van der Waals surface area contributed by atoms with Crippen LogP contribution in [0.5, 0.6) is 0 Å². The zero-order valence-electron chi connectivity index (χ0n) is 4.40. The third kappa shape index (κ3) is 3.53. The summed E-state index contributed by atoms with van der Waals surface area (Å²) in [6.07, 6.45) is 1.69. The number of nitrogens with one attached hydrogen (secondary N) is 1. The number of hydrogen-bond donors (Lipinski definition) is 2. The Morgan fingerprint density at radius 3 is 2.44 bits per heavy atom. The van der Waals surface area contributed by atoms with Crippen molar-refractivity contribution < 1.29 is 0 Å². The minimum atomic E-state index is 0. The molecule has 0 saturated carbocycles. The van der Waals surface area contributed by atoms with Crippen LogP contribution >= 0.6 is 36.2 Å². The fourth-order valence-corrected chi connectivity index (χ4v) is 0.735. The number of nitrogens with zero attached hydrogens (tertiary/aromatic N) is 1. The molecule has 1 aromatic rings. The van der Waals surface area contributed by atoms with Crippen molar-refractivity contribution in [3.8, 4) is 0 Å². The molecule has 6 heteroatoms. The van der Waals surface area contributed by atoms with Gasteiger partial charge in [-0.25, -0.2) is 10.8 Å². The third-order valence-corrected chi connectivity index (χ3v) is 1.26. The highest BCUT2D eigenvalue weighted by atomic mass is 35.5. The van der Waals surface area contributed by atoms with Crippen molar-refractivity contribution in [3.63, 3.8) is 0 Å². The van der Waals surface area contributed by atoms with Gasteiger partial charge in [-0.2, -0.15) is 0 Å². The molecule has 3 nitrogen and oxygen atoms in total. The van der Waals surface area contributed by atoms with Gasteiger partial charge >= 0.3 is 0 Å². The molecule has 1 aromatic heterocycles. The van der Waals surface area contributed by atoms with Crippen molar-refractivity contribution in [1.29, 1.82) is 0 Å². The average Bonchev–Trinajstić information content (AvgIpc) is 2.14. The topological polar surface area (TPSA) is 50.9 Å². The number of hydrogen-bond acceptors (Lipinski definition) is 4. The Morgan fingerprint density at radius 1 is 1.56 bits per heavy atom. The van der Waals surface area contributed by atoms with E-state index < -0.39 is 0 Å². The summed E-state index contributed by atoms with van der Waals surface area (Å²) in [7, 11) is 0. The second-order valence-electron chi connectivity index (χ2n) is 0.982. The van der Waals surface area contributed by atoms with E-state index in [9.17, 15) is 0 Å². The fraction of sp³-hybridized carbons (Fsp3) is 0. The summed E-state index contributed by atoms with van der Waals surface area (Å²) in [5.41, 5.74) is 2.41. The van der Waals surface area contributed by atoms with E-state index >= 15 is 0 Å². The van der Waals surface area contributed by atoms with E-state index in [1.165, 1.54) is 11.3 Å². The van der Waals surface area contributed by atoms with Crippen LogP contribution in [0.25, 0.3) is 0 Å². The van der Waals surface area contributed by atoms with Gasteiger partial charge in [-0.15, -0.1) is 36.2 Å². The summed E-state index contributed by atoms with van der Waals surface area (Å²) in [6, 6.07) is 0. The third-order valence-electron chi connectivity index (χ3n) is 0.556. The van der Waals surface area contributed by atoms with Gasteiger partial charge in [0, 0.05) is 11.6 Å². The highest BCUT2D eigenvalue weighted by Gasteiger charge is 1.83. The van der Waals surface area contributed by atoms with E-state index in [1.54, 1.807) is 6.20 Å². The molecule has 0 aliphatic rings. The number of anilines is 1. The first kappa shape index (κ1) is 11.7. The second kappa shape index (κ2) is 6.10. The minimum absolute atomic E-state index is 0. The second-order valence-corrected chi connectivity index (χ2v) is 1.88. The van der Waals surface area contributed by atoms with Crippen molar-refractivity contribution in [2.45, 2.75) is 0 Å². The van der Waals surface area contributed by atoms with Gasteiger partial charge < -0.3 is 0 Å². The summed E-state index contributed by atoms with van der Waals surface area (Å²) >= 11 is 1.48. The first-order chi connectivity index (χ1) is 3.43. The molecule has 0 radical (unpaired) electrons. The van der Waals surface area contributed by atoms with E-state index in [0.29, 0.717) is 0 Å². The maximum absolute atomic E-state index is 4.99. The van der Waals surface area contributed by atoms with E-state index in [0.717, 1.165) is 5.13 Å². The lowest BCUT2D eigenvalue weighted by Crippen LogP contribution is -2.05. The van der Waals surface area contributed by atoms with Crippen LogP contribution in [0, 0.1) is 0 Å². The number of hydrazine groups is 1. The Morgan fingerprint density at radius 2 is 2.22 bits per heavy atom. The van der Waals surface area contributed by atoms with Gasteiger partial charge in [0.1, 0.15) is 0 Å². The summed E-state index contributed by atoms with van der Waals surface area (Å²) in [5, 5.41) is 2.61. The van der Waals surface area contributed by atoms with Crippen LogP contribution in [0.2, 0.25) is 0 Å². The zero-order chi connectivity index (χ0) is 5.11. The molecule has 0 aromatic carbocycles. The summed E-state index contributed by atoms with van der Waals surface area (Å²) in [6.45, 7) is 0. The van der Waals surface area contributed by atoms with Gasteiger partial charge in [0.05, 0.1) is 0 Å². The molecule has 1 rings (SSSR count). The van der Waals surface area contributed by atoms with Gasteiger partial charge in [0.15, 0.2) is 5.13 Å². The highest BCUT2D eigenvalue weighted by molar-refractivity contribution is 7.13. The maximum atomic E-state index is 4.99. The summed E-state index contributed by atoms with van der Waals surface area (Å²) in [4.78, 5) is 3.82. The predicted molar refractivity (Wildman–Crippen MR) is 44.4 cm³/mol. The standard InChI is InChI=1S/C3H5N3S.2ClH/c4-6-3-5-1-2-7-3;;/h1-2H,4H2,(H,5,6);2*1H. The first-order valence-corrected chi connectivity index (χ1v) is 2.67. The molecular formula is C3H7Cl2N3S. The lowest BCUT2D eigenvalue weighted by molar-refractivity contribution is 1.29. The number of nitrogens with two attached hydrogens (primary N) is 1. The van der Waals surface area contributed by atoms with Crippen molar-refractivity contribution >= 4 is 41.3 Å². The molecular weight excluding hydrogens is 181 g/mol. The van der Waals surface area contributed by atoms with Gasteiger partial charge in [-0.1, -0.05) is 0 Å². The van der Waals surface area contributed by atoms with Crippen LogP contribution in [-0.2, 0) is 0 Å². The van der Waals surface area contributed by atoms with Crippen molar-refractivity contribution in [2.24, 2.45) is 5.84 Å². The number of thiazole rings is 1. The Balaban J connectivity index is 0. The molecule has 0 atom stereocenters. The minimum Gasteiger partial charge on any atom is -0.300 e. The maximum Gasteiger partial charge on any atom is 0.196 e. The Bertz CT molecular complexity index is 132. The molecule has 1 heterocycles. The molecule has 0 spiro atoms. The van der Waals surface area contributed by atoms with Gasteiger partial charge in [-0.3, -0.25) is 5.43 Å². The van der Waals surface area contributed by atoms with Crippen LogP contribution in [0.4, 0.5) is 5.13 Å². The van der Waals surface area contributed by atoms with Crippen LogP contribution < -0.4 is 11.3 Å². The average molecular weight is 188 g/mol. The highest BCUT2D eigenvalue weighted by Crippen LogP contribution is 2.06. The molecule has 0 aliphatic heterocycles. The van der Waals surface area contributed by atoms with Crippen molar-refractivity contribution in [3.05, 3.63) is 11.6 Å². The van der Waals surface area contributed by atoms with Gasteiger partial charge in [0.25, 0.3) is 0 Å². The molecule has 0 aliphatic carbocycles. The summed E-state index contributed by atoms with van der Waals surface area (Å²) < 4.78 is 0. The van der Waals surface area contributed by atoms with E-state index in [1.807, 2.05) is 5.38 Å². The number of nitrogen functional groups attached to an aromatic ring is 1. The Hall–Kier alpha value is -0.0300. The molecule has 9 heavy (non-hydrogen) atoms. The number of rotatable bonds is 1. The largest absolute Gasteiger partial charge is 0.300 e. The first-order valence-electron chi connectivity index (χ1n) is 1.79. The molecule has 0 amide bonds. The summed E-state index contributed by atoms with van der Waals surface area (Å²) in [5.74, 6) is 4.99. The monoisotopic (exact) mass is 187 g/mol.